The molecule has 3 N–H and O–H groups in total. The van der Waals surface area contributed by atoms with Crippen LogP contribution in [0.15, 0.2) is 36.7 Å². The van der Waals surface area contributed by atoms with Gasteiger partial charge in [-0.2, -0.15) is 0 Å². The van der Waals surface area contributed by atoms with Gasteiger partial charge in [-0.05, 0) is 12.1 Å². The fraction of sp³-hybridized carbons (Fsp3) is 0.421. The summed E-state index contributed by atoms with van der Waals surface area (Å²) in [5, 5.41) is 8.72. The average molecular weight is 371 g/mol. The topological polar surface area (TPSA) is 105 Å². The zero-order chi connectivity index (χ0) is 19.1. The number of piperazine rings is 1. The number of anilines is 1. The molecule has 1 aliphatic rings. The van der Waals surface area contributed by atoms with Crippen LogP contribution in [0.25, 0.3) is 11.3 Å². The van der Waals surface area contributed by atoms with E-state index in [1.165, 1.54) is 6.20 Å². The number of carbonyl (C=O) groups excluding carboxylic acids is 1. The van der Waals surface area contributed by atoms with Crippen molar-refractivity contribution >= 4 is 11.7 Å². The summed E-state index contributed by atoms with van der Waals surface area (Å²) in [6.45, 7) is 4.83. The second-order valence-corrected chi connectivity index (χ2v) is 6.38. The van der Waals surface area contributed by atoms with E-state index in [2.05, 4.69) is 14.9 Å². The highest BCUT2D eigenvalue weighted by Crippen LogP contribution is 2.19. The Balaban J connectivity index is 1.57. The van der Waals surface area contributed by atoms with E-state index >= 15 is 0 Å². The molecule has 0 saturated carbocycles. The smallest absolute Gasteiger partial charge is 0.253 e. The largest absolute Gasteiger partial charge is 0.394 e. The third kappa shape index (κ3) is 5.22. The summed E-state index contributed by atoms with van der Waals surface area (Å²) in [5.41, 5.74) is 7.75. The number of amides is 1. The van der Waals surface area contributed by atoms with Crippen molar-refractivity contribution in [2.45, 2.75) is 0 Å². The molecule has 1 saturated heterocycles. The minimum atomic E-state index is 0.0245. The molecule has 8 heteroatoms. The summed E-state index contributed by atoms with van der Waals surface area (Å²) in [6, 6.07) is 7.43. The lowest BCUT2D eigenvalue weighted by atomic mass is 10.1. The fourth-order valence-corrected chi connectivity index (χ4v) is 3.02. The first kappa shape index (κ1) is 19.2. The Kier molecular flexibility index (Phi) is 6.69. The van der Waals surface area contributed by atoms with Gasteiger partial charge in [-0.15, -0.1) is 0 Å². The van der Waals surface area contributed by atoms with E-state index in [1.54, 1.807) is 6.20 Å². The molecule has 2 aromatic rings. The molecule has 0 radical (unpaired) electrons. The lowest BCUT2D eigenvalue weighted by molar-refractivity contribution is 0.0486. The minimum Gasteiger partial charge on any atom is -0.394 e. The van der Waals surface area contributed by atoms with Gasteiger partial charge in [0.2, 0.25) is 0 Å². The Morgan fingerprint density at radius 3 is 2.67 bits per heavy atom. The number of nitrogen functional groups attached to an aromatic ring is 1. The summed E-state index contributed by atoms with van der Waals surface area (Å²) in [5.74, 6) is 0.391. The van der Waals surface area contributed by atoms with E-state index in [9.17, 15) is 4.79 Å². The molecule has 1 fully saturated rings. The summed E-state index contributed by atoms with van der Waals surface area (Å²) >= 11 is 0. The maximum Gasteiger partial charge on any atom is 0.253 e. The third-order valence-corrected chi connectivity index (χ3v) is 4.52. The van der Waals surface area contributed by atoms with Gasteiger partial charge in [0.15, 0.2) is 0 Å². The van der Waals surface area contributed by atoms with Crippen LogP contribution in [0.2, 0.25) is 0 Å². The van der Waals surface area contributed by atoms with E-state index in [-0.39, 0.29) is 12.5 Å². The Hall–Kier alpha value is -2.55. The van der Waals surface area contributed by atoms with E-state index in [0.29, 0.717) is 43.4 Å². The minimum absolute atomic E-state index is 0.0245. The maximum absolute atomic E-state index is 12.8. The van der Waals surface area contributed by atoms with E-state index < -0.39 is 0 Å². The first-order chi connectivity index (χ1) is 13.2. The summed E-state index contributed by atoms with van der Waals surface area (Å²) < 4.78 is 5.30. The van der Waals surface area contributed by atoms with Crippen LogP contribution in [0.5, 0.6) is 0 Å². The van der Waals surface area contributed by atoms with Gasteiger partial charge in [-0.3, -0.25) is 14.7 Å². The molecule has 1 aromatic heterocycles. The van der Waals surface area contributed by atoms with Gasteiger partial charge in [-0.25, -0.2) is 4.98 Å². The molecule has 2 heterocycles. The first-order valence-electron chi connectivity index (χ1n) is 9.05. The average Bonchev–Trinajstić information content (AvgIpc) is 2.72. The fourth-order valence-electron chi connectivity index (χ4n) is 3.02. The van der Waals surface area contributed by atoms with Crippen molar-refractivity contribution < 1.29 is 14.6 Å². The number of rotatable bonds is 7. The van der Waals surface area contributed by atoms with Gasteiger partial charge in [0.25, 0.3) is 5.91 Å². The van der Waals surface area contributed by atoms with Gasteiger partial charge < -0.3 is 20.5 Å². The standard InChI is InChI=1S/C19H25N5O3/c20-18-14-21-17(13-22-18)15-2-1-3-16(12-15)19(26)24-6-4-23(5-7-24)8-10-27-11-9-25/h1-3,12-14,25H,4-11H2,(H2,20,22). The number of hydrogen-bond acceptors (Lipinski definition) is 7. The molecule has 3 rings (SSSR count). The molecule has 0 bridgehead atoms. The van der Waals surface area contributed by atoms with Crippen LogP contribution < -0.4 is 5.73 Å². The molecule has 27 heavy (non-hydrogen) atoms. The van der Waals surface area contributed by atoms with Crippen molar-refractivity contribution in [3.8, 4) is 11.3 Å². The van der Waals surface area contributed by atoms with Crippen LogP contribution in [-0.2, 0) is 4.74 Å². The Bertz CT molecular complexity index is 745. The number of hydrogen-bond donors (Lipinski definition) is 2. The number of benzene rings is 1. The van der Waals surface area contributed by atoms with Crippen LogP contribution in [0.1, 0.15) is 10.4 Å². The van der Waals surface area contributed by atoms with Crippen LogP contribution >= 0.6 is 0 Å². The number of nitrogens with zero attached hydrogens (tertiary/aromatic N) is 4. The Morgan fingerprint density at radius 1 is 1.15 bits per heavy atom. The number of aliphatic hydroxyl groups is 1. The van der Waals surface area contributed by atoms with Crippen molar-refractivity contribution in [3.63, 3.8) is 0 Å². The molecular weight excluding hydrogens is 346 g/mol. The molecule has 144 valence electrons. The predicted molar refractivity (Wildman–Crippen MR) is 102 cm³/mol. The molecular formula is C19H25N5O3. The van der Waals surface area contributed by atoms with Gasteiger partial charge >= 0.3 is 0 Å². The van der Waals surface area contributed by atoms with Crippen LogP contribution in [0.3, 0.4) is 0 Å². The lowest BCUT2D eigenvalue weighted by Gasteiger charge is -2.34. The molecule has 1 aromatic carbocycles. The maximum atomic E-state index is 12.8. The number of aromatic nitrogens is 2. The summed E-state index contributed by atoms with van der Waals surface area (Å²) in [4.78, 5) is 25.3. The van der Waals surface area contributed by atoms with E-state index in [1.807, 2.05) is 29.2 Å². The second kappa shape index (κ2) is 9.40. The van der Waals surface area contributed by atoms with Crippen molar-refractivity contribution in [1.29, 1.82) is 0 Å². The monoisotopic (exact) mass is 371 g/mol. The predicted octanol–water partition coefficient (Wildman–Crippen LogP) is 0.493. The number of nitrogens with two attached hydrogens (primary N) is 1. The van der Waals surface area contributed by atoms with Crippen molar-refractivity contribution in [2.24, 2.45) is 0 Å². The lowest BCUT2D eigenvalue weighted by Crippen LogP contribution is -2.49. The van der Waals surface area contributed by atoms with Crippen molar-refractivity contribution in [1.82, 2.24) is 19.8 Å². The normalized spacial score (nSPS) is 15.1. The van der Waals surface area contributed by atoms with Crippen LogP contribution in [0, 0.1) is 0 Å². The van der Waals surface area contributed by atoms with Crippen LogP contribution in [-0.4, -0.2) is 83.3 Å². The van der Waals surface area contributed by atoms with Gasteiger partial charge in [0, 0.05) is 43.9 Å². The molecule has 0 atom stereocenters. The third-order valence-electron chi connectivity index (χ3n) is 4.52. The zero-order valence-corrected chi connectivity index (χ0v) is 15.3. The van der Waals surface area contributed by atoms with E-state index in [4.69, 9.17) is 15.6 Å². The quantitative estimate of drug-likeness (QED) is 0.683. The SMILES string of the molecule is Nc1cnc(-c2cccc(C(=O)N3CCN(CCOCCO)CC3)c2)cn1. The zero-order valence-electron chi connectivity index (χ0n) is 15.3. The Morgan fingerprint density at radius 2 is 1.96 bits per heavy atom. The van der Waals surface area contributed by atoms with Gasteiger partial charge in [0.1, 0.15) is 5.82 Å². The van der Waals surface area contributed by atoms with Crippen molar-refractivity contribution in [2.75, 3.05) is 58.3 Å². The molecule has 0 spiro atoms. The van der Waals surface area contributed by atoms with Crippen molar-refractivity contribution in [3.05, 3.63) is 42.2 Å². The molecule has 1 amide bonds. The van der Waals surface area contributed by atoms with E-state index in [0.717, 1.165) is 25.2 Å². The van der Waals surface area contributed by atoms with Gasteiger partial charge in [-0.1, -0.05) is 12.1 Å². The molecule has 1 aliphatic heterocycles. The summed E-state index contributed by atoms with van der Waals surface area (Å²) in [6.07, 6.45) is 3.11. The second-order valence-electron chi connectivity index (χ2n) is 6.38. The molecule has 8 nitrogen and oxygen atoms in total. The molecule has 0 unspecified atom stereocenters. The highest BCUT2D eigenvalue weighted by molar-refractivity contribution is 5.95. The first-order valence-corrected chi connectivity index (χ1v) is 9.05. The summed E-state index contributed by atoms with van der Waals surface area (Å²) in [7, 11) is 0. The number of aliphatic hydroxyl groups excluding tert-OH is 1. The van der Waals surface area contributed by atoms with Crippen LogP contribution in [0.4, 0.5) is 5.82 Å². The molecule has 0 aliphatic carbocycles. The number of ether oxygens (including phenoxy) is 1. The number of carbonyl (C=O) groups is 1. The highest BCUT2D eigenvalue weighted by Gasteiger charge is 2.22. The van der Waals surface area contributed by atoms with Gasteiger partial charge in [0.05, 0.1) is 37.9 Å². The Labute approximate surface area is 158 Å². The highest BCUT2D eigenvalue weighted by atomic mass is 16.5.